The summed E-state index contributed by atoms with van der Waals surface area (Å²) in [6.07, 6.45) is 7.35. The van der Waals surface area contributed by atoms with E-state index in [0.29, 0.717) is 12.3 Å². The fourth-order valence-electron chi connectivity index (χ4n) is 3.32. The van der Waals surface area contributed by atoms with Gasteiger partial charge in [-0.2, -0.15) is 0 Å². The highest BCUT2D eigenvalue weighted by molar-refractivity contribution is 5.75. The van der Waals surface area contributed by atoms with Crippen molar-refractivity contribution in [3.63, 3.8) is 0 Å². The number of carbonyl (C=O) groups is 1. The van der Waals surface area contributed by atoms with Crippen LogP contribution in [0, 0.1) is 5.92 Å². The minimum Gasteiger partial charge on any atom is -0.356 e. The van der Waals surface area contributed by atoms with Crippen molar-refractivity contribution in [1.29, 1.82) is 0 Å². The lowest BCUT2D eigenvalue weighted by atomic mass is 9.96. The van der Waals surface area contributed by atoms with E-state index >= 15 is 0 Å². The average Bonchev–Trinajstić information content (AvgIpc) is 2.62. The smallest absolute Gasteiger partial charge is 0.220 e. The Bertz CT molecular complexity index is 455. The van der Waals surface area contributed by atoms with Crippen molar-refractivity contribution in [1.82, 2.24) is 10.2 Å². The Balaban J connectivity index is 1.54. The van der Waals surface area contributed by atoms with Gasteiger partial charge in [-0.1, -0.05) is 43.2 Å². The van der Waals surface area contributed by atoms with E-state index in [-0.39, 0.29) is 5.91 Å². The summed E-state index contributed by atoms with van der Waals surface area (Å²) in [7, 11) is 0. The highest BCUT2D eigenvalue weighted by Gasteiger charge is 2.19. The monoisotopic (exact) mass is 331 g/mol. The Hall–Kier alpha value is -1.39. The molecule has 134 valence electrons. The van der Waals surface area contributed by atoms with Crippen molar-refractivity contribution in [3.8, 4) is 0 Å². The first kappa shape index (κ1) is 18.9. The number of benzene rings is 1. The molecule has 0 aliphatic carbocycles. The number of hydrogen-bond donors (Lipinski definition) is 2. The lowest BCUT2D eigenvalue weighted by Crippen LogP contribution is -2.38. The summed E-state index contributed by atoms with van der Waals surface area (Å²) in [5.41, 5.74) is 6.86. The van der Waals surface area contributed by atoms with Crippen molar-refractivity contribution in [2.45, 2.75) is 51.5 Å². The summed E-state index contributed by atoms with van der Waals surface area (Å²) in [5.74, 6) is 0.854. The number of likely N-dealkylation sites (tertiary alicyclic amines) is 1. The summed E-state index contributed by atoms with van der Waals surface area (Å²) in [6, 6.07) is 10.7. The van der Waals surface area contributed by atoms with E-state index < -0.39 is 0 Å². The fraction of sp³-hybridized carbons (Fsp3) is 0.650. The van der Waals surface area contributed by atoms with E-state index in [1.54, 1.807) is 0 Å². The number of nitrogens with two attached hydrogens (primary N) is 1. The molecule has 1 aromatic rings. The number of unbranched alkanes of at least 4 members (excludes halogenated alkanes) is 3. The number of piperidine rings is 1. The van der Waals surface area contributed by atoms with Crippen LogP contribution in [0.25, 0.3) is 0 Å². The molecule has 3 N–H and O–H groups in total. The maximum Gasteiger partial charge on any atom is 0.220 e. The average molecular weight is 332 g/mol. The molecule has 1 aromatic carbocycles. The molecule has 1 heterocycles. The van der Waals surface area contributed by atoms with Crippen molar-refractivity contribution in [3.05, 3.63) is 35.9 Å². The Morgan fingerprint density at radius 1 is 1.08 bits per heavy atom. The number of amides is 1. The molecule has 24 heavy (non-hydrogen) atoms. The first-order valence-corrected chi connectivity index (χ1v) is 9.51. The molecule has 1 fully saturated rings. The van der Waals surface area contributed by atoms with E-state index in [0.717, 1.165) is 58.4 Å². The summed E-state index contributed by atoms with van der Waals surface area (Å²) < 4.78 is 0. The zero-order valence-corrected chi connectivity index (χ0v) is 14.9. The molecule has 0 bridgehead atoms. The predicted octanol–water partition coefficient (Wildman–Crippen LogP) is 2.92. The zero-order chi connectivity index (χ0) is 17.0. The molecule has 1 saturated heterocycles. The lowest BCUT2D eigenvalue weighted by Gasteiger charge is -2.32. The second kappa shape index (κ2) is 11.2. The molecule has 1 amide bonds. The van der Waals surface area contributed by atoms with Crippen molar-refractivity contribution in [2.24, 2.45) is 11.7 Å². The Morgan fingerprint density at radius 2 is 1.79 bits per heavy atom. The topological polar surface area (TPSA) is 58.4 Å². The van der Waals surface area contributed by atoms with Crippen LogP contribution in [0.5, 0.6) is 0 Å². The second-order valence-electron chi connectivity index (χ2n) is 6.96. The summed E-state index contributed by atoms with van der Waals surface area (Å²) in [4.78, 5) is 14.4. The number of nitrogens with zero attached hydrogens (tertiary/aromatic N) is 1. The van der Waals surface area contributed by atoms with Crippen molar-refractivity contribution in [2.75, 3.05) is 26.2 Å². The van der Waals surface area contributed by atoms with Gasteiger partial charge in [0.05, 0.1) is 0 Å². The molecule has 0 aromatic heterocycles. The van der Waals surface area contributed by atoms with E-state index in [4.69, 9.17) is 5.73 Å². The molecule has 0 atom stereocenters. The van der Waals surface area contributed by atoms with Crippen LogP contribution in [0.4, 0.5) is 0 Å². The Labute approximate surface area is 146 Å². The molecule has 4 heteroatoms. The lowest BCUT2D eigenvalue weighted by molar-refractivity contribution is -0.121. The minimum absolute atomic E-state index is 0.217. The van der Waals surface area contributed by atoms with Gasteiger partial charge in [-0.05, 0) is 56.8 Å². The molecular formula is C20H33N3O. The van der Waals surface area contributed by atoms with Crippen molar-refractivity contribution < 1.29 is 4.79 Å². The second-order valence-corrected chi connectivity index (χ2v) is 6.96. The first-order chi connectivity index (χ1) is 11.8. The van der Waals surface area contributed by atoms with Crippen LogP contribution in [0.3, 0.4) is 0 Å². The highest BCUT2D eigenvalue weighted by atomic mass is 16.1. The zero-order valence-electron chi connectivity index (χ0n) is 14.9. The van der Waals surface area contributed by atoms with Gasteiger partial charge in [-0.3, -0.25) is 9.69 Å². The summed E-state index contributed by atoms with van der Waals surface area (Å²) >= 11 is 0. The van der Waals surface area contributed by atoms with Crippen LogP contribution in [0.1, 0.15) is 50.5 Å². The Kier molecular flexibility index (Phi) is 8.85. The van der Waals surface area contributed by atoms with Gasteiger partial charge in [-0.25, -0.2) is 0 Å². The molecule has 1 aliphatic heterocycles. The molecule has 0 spiro atoms. The predicted molar refractivity (Wildman–Crippen MR) is 99.6 cm³/mol. The molecule has 0 saturated carbocycles. The van der Waals surface area contributed by atoms with Crippen LogP contribution < -0.4 is 11.1 Å². The van der Waals surface area contributed by atoms with E-state index in [1.807, 2.05) is 0 Å². The third-order valence-corrected chi connectivity index (χ3v) is 4.90. The SMILES string of the molecule is NCCCCCCC(=O)NCC1CCN(Cc2ccccc2)CC1. The summed E-state index contributed by atoms with van der Waals surface area (Å²) in [6.45, 7) is 4.92. The molecule has 2 rings (SSSR count). The third kappa shape index (κ3) is 7.45. The van der Waals surface area contributed by atoms with Gasteiger partial charge >= 0.3 is 0 Å². The van der Waals surface area contributed by atoms with Crippen molar-refractivity contribution >= 4 is 5.91 Å². The molecule has 0 radical (unpaired) electrons. The van der Waals surface area contributed by atoms with Gasteiger partial charge in [0.2, 0.25) is 5.91 Å². The van der Waals surface area contributed by atoms with Gasteiger partial charge in [0.1, 0.15) is 0 Å². The number of rotatable bonds is 10. The third-order valence-electron chi connectivity index (χ3n) is 4.90. The van der Waals surface area contributed by atoms with Gasteiger partial charge in [0.25, 0.3) is 0 Å². The standard InChI is InChI=1S/C20H33N3O/c21-13-7-2-1-6-10-20(24)22-16-18-11-14-23(15-12-18)17-19-8-4-3-5-9-19/h3-5,8-9,18H,1-2,6-7,10-17,21H2,(H,22,24). The maximum atomic E-state index is 11.9. The van der Waals surface area contributed by atoms with Crippen LogP contribution in [0.15, 0.2) is 30.3 Å². The molecule has 1 aliphatic rings. The Morgan fingerprint density at radius 3 is 2.50 bits per heavy atom. The summed E-state index contributed by atoms with van der Waals surface area (Å²) in [5, 5.41) is 3.13. The molecule has 4 nitrogen and oxygen atoms in total. The normalized spacial score (nSPS) is 16.2. The quantitative estimate of drug-likeness (QED) is 0.648. The van der Waals surface area contributed by atoms with E-state index in [2.05, 4.69) is 40.5 Å². The van der Waals surface area contributed by atoms with Gasteiger partial charge in [0, 0.05) is 19.5 Å². The van der Waals surface area contributed by atoms with Crippen LogP contribution in [-0.2, 0) is 11.3 Å². The van der Waals surface area contributed by atoms with Crippen LogP contribution >= 0.6 is 0 Å². The molecule has 0 unspecified atom stereocenters. The van der Waals surface area contributed by atoms with E-state index in [1.165, 1.54) is 18.4 Å². The fourth-order valence-corrected chi connectivity index (χ4v) is 3.32. The number of carbonyl (C=O) groups excluding carboxylic acids is 1. The molecular weight excluding hydrogens is 298 g/mol. The largest absolute Gasteiger partial charge is 0.356 e. The maximum absolute atomic E-state index is 11.9. The van der Waals surface area contributed by atoms with Crippen LogP contribution in [0.2, 0.25) is 0 Å². The van der Waals surface area contributed by atoms with Gasteiger partial charge < -0.3 is 11.1 Å². The number of nitrogens with one attached hydrogen (secondary N) is 1. The van der Waals surface area contributed by atoms with Gasteiger partial charge in [-0.15, -0.1) is 0 Å². The first-order valence-electron chi connectivity index (χ1n) is 9.51. The minimum atomic E-state index is 0.217. The number of hydrogen-bond acceptors (Lipinski definition) is 3. The van der Waals surface area contributed by atoms with E-state index in [9.17, 15) is 4.79 Å². The van der Waals surface area contributed by atoms with Crippen LogP contribution in [-0.4, -0.2) is 37.0 Å². The van der Waals surface area contributed by atoms with Gasteiger partial charge in [0.15, 0.2) is 0 Å². The highest BCUT2D eigenvalue weighted by Crippen LogP contribution is 2.18.